The molecule has 0 radical (unpaired) electrons. The van der Waals surface area contributed by atoms with Crippen molar-refractivity contribution < 1.29 is 9.53 Å². The van der Waals surface area contributed by atoms with Gasteiger partial charge in [-0.1, -0.05) is 37.5 Å². The molecule has 17 heavy (non-hydrogen) atoms. The monoisotopic (exact) mass is 256 g/mol. The van der Waals surface area contributed by atoms with Gasteiger partial charge in [-0.25, -0.2) is 9.78 Å². The van der Waals surface area contributed by atoms with Crippen molar-refractivity contribution in [3.63, 3.8) is 0 Å². The smallest absolute Gasteiger partial charge is 0.349 e. The summed E-state index contributed by atoms with van der Waals surface area (Å²) < 4.78 is 4.64. The van der Waals surface area contributed by atoms with Gasteiger partial charge in [0.1, 0.15) is 4.88 Å². The van der Waals surface area contributed by atoms with Crippen LogP contribution >= 0.6 is 11.3 Å². The number of hydrogen-bond donors (Lipinski definition) is 1. The Labute approximate surface area is 106 Å². The number of carbonyl (C=O) groups excluding carboxylic acids is 1. The van der Waals surface area contributed by atoms with E-state index in [-0.39, 0.29) is 5.97 Å². The fourth-order valence-electron chi connectivity index (χ4n) is 1.52. The fourth-order valence-corrected chi connectivity index (χ4v) is 2.37. The number of nitrogens with one attached hydrogen (secondary N) is 1. The van der Waals surface area contributed by atoms with Gasteiger partial charge in [0.05, 0.1) is 13.3 Å². The van der Waals surface area contributed by atoms with Gasteiger partial charge in [0.15, 0.2) is 5.13 Å². The molecule has 1 rings (SSSR count). The van der Waals surface area contributed by atoms with Crippen LogP contribution in [0.5, 0.6) is 0 Å². The van der Waals surface area contributed by atoms with Crippen LogP contribution in [0, 0.1) is 0 Å². The molecule has 0 bridgehead atoms. The molecule has 96 valence electrons. The first-order valence-corrected chi connectivity index (χ1v) is 6.79. The Hall–Kier alpha value is -1.10. The first-order valence-electron chi connectivity index (χ1n) is 5.98. The van der Waals surface area contributed by atoms with E-state index in [2.05, 4.69) is 28.9 Å². The van der Waals surface area contributed by atoms with Gasteiger partial charge in [0, 0.05) is 6.04 Å². The summed E-state index contributed by atoms with van der Waals surface area (Å²) in [5, 5.41) is 4.09. The molecule has 1 aromatic rings. The highest BCUT2D eigenvalue weighted by molar-refractivity contribution is 7.17. The maximum absolute atomic E-state index is 11.2. The molecule has 0 spiro atoms. The maximum atomic E-state index is 11.2. The molecule has 1 aromatic heterocycles. The summed E-state index contributed by atoms with van der Waals surface area (Å²) in [7, 11) is 1.38. The number of carbonyl (C=O) groups is 1. The van der Waals surface area contributed by atoms with Crippen LogP contribution in [0.4, 0.5) is 5.13 Å². The molecule has 0 aliphatic heterocycles. The molecule has 0 amide bonds. The van der Waals surface area contributed by atoms with E-state index >= 15 is 0 Å². The zero-order chi connectivity index (χ0) is 12.7. The van der Waals surface area contributed by atoms with Gasteiger partial charge >= 0.3 is 5.97 Å². The number of hydrogen-bond acceptors (Lipinski definition) is 5. The van der Waals surface area contributed by atoms with Gasteiger partial charge < -0.3 is 10.1 Å². The van der Waals surface area contributed by atoms with Crippen LogP contribution in [-0.4, -0.2) is 24.1 Å². The summed E-state index contributed by atoms with van der Waals surface area (Å²) in [6.07, 6.45) is 6.40. The Morgan fingerprint density at radius 3 is 3.00 bits per heavy atom. The summed E-state index contributed by atoms with van der Waals surface area (Å²) in [5.41, 5.74) is 0. The van der Waals surface area contributed by atoms with Crippen molar-refractivity contribution in [3.05, 3.63) is 11.1 Å². The highest BCUT2D eigenvalue weighted by Gasteiger charge is 2.11. The van der Waals surface area contributed by atoms with Crippen LogP contribution in [0.15, 0.2) is 6.20 Å². The Morgan fingerprint density at radius 2 is 2.35 bits per heavy atom. The Bertz CT molecular complexity index is 352. The van der Waals surface area contributed by atoms with E-state index in [9.17, 15) is 4.79 Å². The third-order valence-electron chi connectivity index (χ3n) is 2.50. The average Bonchev–Trinajstić information content (AvgIpc) is 2.77. The molecule has 0 fully saturated rings. The minimum Gasteiger partial charge on any atom is -0.465 e. The van der Waals surface area contributed by atoms with E-state index in [0.717, 1.165) is 11.6 Å². The minimum atomic E-state index is -0.325. The van der Waals surface area contributed by atoms with Crippen molar-refractivity contribution in [3.8, 4) is 0 Å². The number of thiazole rings is 1. The molecule has 0 saturated carbocycles. The van der Waals surface area contributed by atoms with E-state index in [0.29, 0.717) is 10.9 Å². The van der Waals surface area contributed by atoms with Gasteiger partial charge in [0.25, 0.3) is 0 Å². The van der Waals surface area contributed by atoms with Gasteiger partial charge in [0.2, 0.25) is 0 Å². The summed E-state index contributed by atoms with van der Waals surface area (Å²) in [5.74, 6) is -0.325. The Kier molecular flexibility index (Phi) is 5.97. The van der Waals surface area contributed by atoms with Crippen LogP contribution in [-0.2, 0) is 4.74 Å². The summed E-state index contributed by atoms with van der Waals surface area (Å²) in [6, 6.07) is 0.387. The van der Waals surface area contributed by atoms with Crippen LogP contribution in [0.2, 0.25) is 0 Å². The molecule has 1 N–H and O–H groups in total. The van der Waals surface area contributed by atoms with Crippen molar-refractivity contribution in [2.75, 3.05) is 12.4 Å². The highest BCUT2D eigenvalue weighted by atomic mass is 32.1. The van der Waals surface area contributed by atoms with Crippen molar-refractivity contribution in [2.45, 2.75) is 45.6 Å². The van der Waals surface area contributed by atoms with E-state index in [4.69, 9.17) is 0 Å². The summed E-state index contributed by atoms with van der Waals surface area (Å²) >= 11 is 1.34. The molecule has 0 aliphatic carbocycles. The lowest BCUT2D eigenvalue weighted by Gasteiger charge is -2.11. The second kappa shape index (κ2) is 7.27. The highest BCUT2D eigenvalue weighted by Crippen LogP contribution is 2.20. The van der Waals surface area contributed by atoms with Crippen LogP contribution in [0.25, 0.3) is 0 Å². The molecule has 0 saturated heterocycles. The molecule has 0 aromatic carbocycles. The normalized spacial score (nSPS) is 12.2. The van der Waals surface area contributed by atoms with E-state index in [1.807, 2.05) is 0 Å². The third kappa shape index (κ3) is 4.73. The van der Waals surface area contributed by atoms with Crippen LogP contribution < -0.4 is 5.32 Å². The number of rotatable bonds is 7. The van der Waals surface area contributed by atoms with E-state index in [1.54, 1.807) is 6.20 Å². The van der Waals surface area contributed by atoms with Crippen LogP contribution in [0.3, 0.4) is 0 Å². The zero-order valence-electron chi connectivity index (χ0n) is 10.7. The number of aromatic nitrogens is 1. The summed E-state index contributed by atoms with van der Waals surface area (Å²) in [4.78, 5) is 15.9. The predicted octanol–water partition coefficient (Wildman–Crippen LogP) is 3.31. The lowest BCUT2D eigenvalue weighted by molar-refractivity contribution is 0.0606. The third-order valence-corrected chi connectivity index (χ3v) is 3.41. The number of nitrogens with zero attached hydrogens (tertiary/aromatic N) is 1. The molecule has 4 nitrogen and oxygen atoms in total. The molecule has 1 unspecified atom stereocenters. The van der Waals surface area contributed by atoms with Crippen molar-refractivity contribution in [1.29, 1.82) is 0 Å². The fraction of sp³-hybridized carbons (Fsp3) is 0.667. The molecule has 1 heterocycles. The topological polar surface area (TPSA) is 51.2 Å². The number of ether oxygens (including phenoxy) is 1. The Morgan fingerprint density at radius 1 is 1.59 bits per heavy atom. The molecule has 1 atom stereocenters. The second-order valence-electron chi connectivity index (χ2n) is 4.06. The van der Waals surface area contributed by atoms with Gasteiger partial charge in [-0.3, -0.25) is 0 Å². The minimum absolute atomic E-state index is 0.325. The second-order valence-corrected chi connectivity index (χ2v) is 5.09. The first-order chi connectivity index (χ1) is 8.17. The molecular formula is C12H20N2O2S. The molecule has 5 heteroatoms. The number of anilines is 1. The van der Waals surface area contributed by atoms with Gasteiger partial charge in [-0.2, -0.15) is 0 Å². The molecular weight excluding hydrogens is 236 g/mol. The lowest BCUT2D eigenvalue weighted by atomic mass is 10.1. The predicted molar refractivity (Wildman–Crippen MR) is 70.7 cm³/mol. The molecule has 0 aliphatic rings. The Balaban J connectivity index is 2.40. The lowest BCUT2D eigenvalue weighted by Crippen LogP contribution is -2.14. The van der Waals surface area contributed by atoms with Gasteiger partial charge in [-0.15, -0.1) is 0 Å². The maximum Gasteiger partial charge on any atom is 0.349 e. The SMILES string of the molecule is CCCCCC(C)Nc1ncc(C(=O)OC)s1. The quantitative estimate of drug-likeness (QED) is 0.600. The average molecular weight is 256 g/mol. The van der Waals surface area contributed by atoms with E-state index < -0.39 is 0 Å². The number of esters is 1. The largest absolute Gasteiger partial charge is 0.465 e. The number of unbranched alkanes of at least 4 members (excludes halogenated alkanes) is 2. The zero-order valence-corrected chi connectivity index (χ0v) is 11.5. The number of methoxy groups -OCH3 is 1. The standard InChI is InChI=1S/C12H20N2O2S/c1-4-5-6-7-9(2)14-12-13-8-10(17-12)11(15)16-3/h8-9H,4-7H2,1-3H3,(H,13,14). The van der Waals surface area contributed by atoms with Crippen molar-refractivity contribution in [2.24, 2.45) is 0 Å². The van der Waals surface area contributed by atoms with Crippen molar-refractivity contribution >= 4 is 22.4 Å². The van der Waals surface area contributed by atoms with Crippen LogP contribution in [0.1, 0.15) is 49.2 Å². The van der Waals surface area contributed by atoms with Gasteiger partial charge in [-0.05, 0) is 13.3 Å². The van der Waals surface area contributed by atoms with Crippen molar-refractivity contribution in [1.82, 2.24) is 4.98 Å². The first kappa shape index (κ1) is 14.0. The van der Waals surface area contributed by atoms with E-state index in [1.165, 1.54) is 37.7 Å². The summed E-state index contributed by atoms with van der Waals surface area (Å²) in [6.45, 7) is 4.33.